The van der Waals surface area contributed by atoms with Gasteiger partial charge in [-0.15, -0.1) is 5.10 Å². The number of aromatic nitrogens is 3. The maximum atomic E-state index is 12.2. The number of hydrogen-bond acceptors (Lipinski definition) is 4. The van der Waals surface area contributed by atoms with Crippen LogP contribution in [-0.2, 0) is 6.18 Å². The second-order valence-corrected chi connectivity index (χ2v) is 3.48. The van der Waals surface area contributed by atoms with Crippen molar-refractivity contribution in [1.82, 2.24) is 15.2 Å². The van der Waals surface area contributed by atoms with Gasteiger partial charge < -0.3 is 10.6 Å². The summed E-state index contributed by atoms with van der Waals surface area (Å²) >= 11 is 0. The van der Waals surface area contributed by atoms with E-state index in [1.807, 2.05) is 5.10 Å². The zero-order valence-corrected chi connectivity index (χ0v) is 7.75. The van der Waals surface area contributed by atoms with E-state index in [4.69, 9.17) is 5.73 Å². The monoisotopic (exact) mass is 221 g/mol. The molecule has 3 N–H and O–H groups in total. The number of hydrogen-bond donors (Lipinski definition) is 2. The first-order valence-electron chi connectivity index (χ1n) is 4.47. The molecule has 0 saturated carbocycles. The van der Waals surface area contributed by atoms with Crippen molar-refractivity contribution in [3.8, 4) is 0 Å². The second kappa shape index (κ2) is 3.37. The summed E-state index contributed by atoms with van der Waals surface area (Å²) in [5.41, 5.74) is 5.63. The molecule has 2 heterocycles. The number of halogens is 3. The van der Waals surface area contributed by atoms with Crippen molar-refractivity contribution in [1.29, 1.82) is 0 Å². The van der Waals surface area contributed by atoms with Gasteiger partial charge in [0.05, 0.1) is 0 Å². The molecule has 15 heavy (non-hydrogen) atoms. The molecule has 8 heteroatoms. The van der Waals surface area contributed by atoms with E-state index in [9.17, 15) is 13.2 Å². The van der Waals surface area contributed by atoms with E-state index in [1.165, 1.54) is 0 Å². The average molecular weight is 221 g/mol. The Morgan fingerprint density at radius 2 is 2.20 bits per heavy atom. The fourth-order valence-electron chi connectivity index (χ4n) is 1.49. The highest BCUT2D eigenvalue weighted by Crippen LogP contribution is 2.27. The fraction of sp³-hybridized carbons (Fsp3) is 0.714. The topological polar surface area (TPSA) is 70.8 Å². The normalized spacial score (nSPS) is 22.4. The number of alkyl halides is 3. The number of rotatable bonds is 1. The highest BCUT2D eigenvalue weighted by molar-refractivity contribution is 5.31. The molecule has 1 aromatic heterocycles. The van der Waals surface area contributed by atoms with Crippen LogP contribution >= 0.6 is 0 Å². The van der Waals surface area contributed by atoms with Crippen molar-refractivity contribution in [3.05, 3.63) is 5.82 Å². The lowest BCUT2D eigenvalue weighted by molar-refractivity contribution is -0.144. The van der Waals surface area contributed by atoms with Crippen LogP contribution in [0.3, 0.4) is 0 Å². The number of nitrogens with one attached hydrogen (secondary N) is 1. The summed E-state index contributed by atoms with van der Waals surface area (Å²) in [6, 6.07) is -0.0159. The minimum absolute atomic E-state index is 0.0159. The first-order valence-corrected chi connectivity index (χ1v) is 4.47. The van der Waals surface area contributed by atoms with Gasteiger partial charge in [0, 0.05) is 19.1 Å². The van der Waals surface area contributed by atoms with Crippen LogP contribution in [0.4, 0.5) is 19.1 Å². The van der Waals surface area contributed by atoms with Crippen LogP contribution in [0, 0.1) is 0 Å². The molecule has 0 aliphatic carbocycles. The lowest BCUT2D eigenvalue weighted by Gasteiger charge is -2.11. The van der Waals surface area contributed by atoms with E-state index in [-0.39, 0.29) is 12.0 Å². The van der Waals surface area contributed by atoms with Crippen molar-refractivity contribution in [2.75, 3.05) is 18.0 Å². The van der Waals surface area contributed by atoms with Gasteiger partial charge in [0.2, 0.25) is 11.8 Å². The molecule has 5 nitrogen and oxygen atoms in total. The first kappa shape index (κ1) is 10.2. The average Bonchev–Trinajstić information content (AvgIpc) is 2.69. The molecule has 1 fully saturated rings. The molecule has 0 aromatic carbocycles. The minimum atomic E-state index is -4.48. The van der Waals surface area contributed by atoms with Crippen molar-refractivity contribution in [2.24, 2.45) is 5.73 Å². The molecule has 1 aliphatic heterocycles. The smallest absolute Gasteiger partial charge is 0.338 e. The predicted molar refractivity (Wildman–Crippen MR) is 46.2 cm³/mol. The number of nitrogens with zero attached hydrogens (tertiary/aromatic N) is 3. The number of aromatic amines is 1. The van der Waals surface area contributed by atoms with Gasteiger partial charge >= 0.3 is 6.18 Å². The van der Waals surface area contributed by atoms with E-state index in [0.717, 1.165) is 6.42 Å². The summed E-state index contributed by atoms with van der Waals surface area (Å²) in [4.78, 5) is 5.01. The van der Waals surface area contributed by atoms with Gasteiger partial charge in [-0.2, -0.15) is 18.2 Å². The van der Waals surface area contributed by atoms with E-state index in [0.29, 0.717) is 13.1 Å². The molecule has 0 amide bonds. The Morgan fingerprint density at radius 1 is 1.47 bits per heavy atom. The van der Waals surface area contributed by atoms with E-state index in [1.54, 1.807) is 4.90 Å². The predicted octanol–water partition coefficient (Wildman–Crippen LogP) is 0.361. The zero-order chi connectivity index (χ0) is 11.1. The van der Waals surface area contributed by atoms with Crippen LogP contribution in [0.15, 0.2) is 0 Å². The standard InChI is InChI=1S/C7H10F3N5/c8-7(9,10)5-12-6(14-13-5)15-2-1-4(11)3-15/h4H,1-3,11H2,(H,12,13,14). The van der Waals surface area contributed by atoms with Crippen LogP contribution < -0.4 is 10.6 Å². The van der Waals surface area contributed by atoms with Crippen molar-refractivity contribution >= 4 is 5.95 Å². The molecule has 1 saturated heterocycles. The van der Waals surface area contributed by atoms with Gasteiger partial charge in [0.25, 0.3) is 0 Å². The fourth-order valence-corrected chi connectivity index (χ4v) is 1.49. The lowest BCUT2D eigenvalue weighted by Crippen LogP contribution is -2.27. The summed E-state index contributed by atoms with van der Waals surface area (Å²) < 4.78 is 36.6. The highest BCUT2D eigenvalue weighted by atomic mass is 19.4. The Balaban J connectivity index is 2.14. The summed E-state index contributed by atoms with van der Waals surface area (Å²) in [7, 11) is 0. The Kier molecular flexibility index (Phi) is 2.29. The Hall–Kier alpha value is -1.31. The molecule has 2 rings (SSSR count). The molecule has 84 valence electrons. The molecular weight excluding hydrogens is 211 g/mol. The molecule has 0 spiro atoms. The van der Waals surface area contributed by atoms with Gasteiger partial charge in [-0.1, -0.05) is 0 Å². The van der Waals surface area contributed by atoms with E-state index in [2.05, 4.69) is 10.1 Å². The van der Waals surface area contributed by atoms with Crippen LogP contribution in [-0.4, -0.2) is 34.3 Å². The number of anilines is 1. The SMILES string of the molecule is NC1CCN(c2n[nH]c(C(F)(F)F)n2)C1. The largest absolute Gasteiger partial charge is 0.451 e. The highest BCUT2D eigenvalue weighted by Gasteiger charge is 2.36. The molecule has 1 aromatic rings. The Labute approximate surface area is 83.5 Å². The van der Waals surface area contributed by atoms with Gasteiger partial charge in [0.15, 0.2) is 0 Å². The Bertz CT molecular complexity index is 347. The molecular formula is C7H10F3N5. The minimum Gasteiger partial charge on any atom is -0.338 e. The Morgan fingerprint density at radius 3 is 2.67 bits per heavy atom. The zero-order valence-electron chi connectivity index (χ0n) is 7.75. The molecule has 1 atom stereocenters. The third-order valence-corrected chi connectivity index (χ3v) is 2.25. The maximum absolute atomic E-state index is 12.2. The summed E-state index contributed by atoms with van der Waals surface area (Å²) in [5.74, 6) is -1.01. The van der Waals surface area contributed by atoms with E-state index >= 15 is 0 Å². The van der Waals surface area contributed by atoms with Crippen LogP contribution in [0.25, 0.3) is 0 Å². The van der Waals surface area contributed by atoms with Gasteiger partial charge in [-0.3, -0.25) is 5.10 Å². The second-order valence-electron chi connectivity index (χ2n) is 3.48. The number of nitrogens with two attached hydrogens (primary N) is 1. The summed E-state index contributed by atoms with van der Waals surface area (Å²) in [6.07, 6.45) is -3.73. The van der Waals surface area contributed by atoms with Crippen molar-refractivity contribution in [3.63, 3.8) is 0 Å². The molecule has 1 aliphatic rings. The molecule has 0 radical (unpaired) electrons. The van der Waals surface area contributed by atoms with Gasteiger partial charge in [0.1, 0.15) is 0 Å². The first-order chi connectivity index (χ1) is 6.97. The lowest BCUT2D eigenvalue weighted by atomic mass is 10.3. The molecule has 1 unspecified atom stereocenters. The third kappa shape index (κ3) is 2.04. The van der Waals surface area contributed by atoms with Crippen molar-refractivity contribution in [2.45, 2.75) is 18.6 Å². The summed E-state index contributed by atoms with van der Waals surface area (Å²) in [5, 5.41) is 5.38. The maximum Gasteiger partial charge on any atom is 0.451 e. The summed E-state index contributed by atoms with van der Waals surface area (Å²) in [6.45, 7) is 1.09. The van der Waals surface area contributed by atoms with Crippen molar-refractivity contribution < 1.29 is 13.2 Å². The quantitative estimate of drug-likeness (QED) is 0.718. The van der Waals surface area contributed by atoms with Crippen LogP contribution in [0.2, 0.25) is 0 Å². The van der Waals surface area contributed by atoms with E-state index < -0.39 is 12.0 Å². The number of H-pyrrole nitrogens is 1. The van der Waals surface area contributed by atoms with Crippen LogP contribution in [0.5, 0.6) is 0 Å². The van der Waals surface area contributed by atoms with Gasteiger partial charge in [-0.25, -0.2) is 0 Å². The third-order valence-electron chi connectivity index (χ3n) is 2.25. The molecule has 0 bridgehead atoms. The van der Waals surface area contributed by atoms with Gasteiger partial charge in [-0.05, 0) is 6.42 Å². The van der Waals surface area contributed by atoms with Crippen LogP contribution in [0.1, 0.15) is 12.2 Å².